The predicted molar refractivity (Wildman–Crippen MR) is 107 cm³/mol. The summed E-state index contributed by atoms with van der Waals surface area (Å²) in [6.45, 7) is 10.0. The van der Waals surface area contributed by atoms with Crippen LogP contribution in [0.5, 0.6) is 5.75 Å². The molecule has 0 aromatic heterocycles. The van der Waals surface area contributed by atoms with E-state index in [1.165, 1.54) is 0 Å². The number of amides is 2. The van der Waals surface area contributed by atoms with Crippen LogP contribution in [0.4, 0.5) is 11.4 Å². The summed E-state index contributed by atoms with van der Waals surface area (Å²) in [5, 5.41) is 2.91. The summed E-state index contributed by atoms with van der Waals surface area (Å²) in [6.07, 6.45) is 1.68. The number of ether oxygens (including phenoxy) is 1. The van der Waals surface area contributed by atoms with Crippen molar-refractivity contribution < 1.29 is 14.3 Å². The number of rotatable bonds is 4. The zero-order valence-electron chi connectivity index (χ0n) is 15.9. The van der Waals surface area contributed by atoms with Crippen molar-refractivity contribution in [1.82, 2.24) is 0 Å². The van der Waals surface area contributed by atoms with Crippen LogP contribution >= 0.6 is 0 Å². The van der Waals surface area contributed by atoms with E-state index < -0.39 is 5.41 Å². The Balaban J connectivity index is 1.95. The van der Waals surface area contributed by atoms with Gasteiger partial charge in [-0.05, 0) is 50.6 Å². The van der Waals surface area contributed by atoms with Crippen LogP contribution < -0.4 is 15.0 Å². The normalized spacial score (nSPS) is 15.4. The van der Waals surface area contributed by atoms with Gasteiger partial charge < -0.3 is 15.0 Å². The maximum absolute atomic E-state index is 12.9. The first kappa shape index (κ1) is 18.7. The van der Waals surface area contributed by atoms with Crippen LogP contribution in [0.15, 0.2) is 55.1 Å². The topological polar surface area (TPSA) is 58.6 Å². The first-order valence-corrected chi connectivity index (χ1v) is 8.90. The standard InChI is InChI=1S/C22H24N2O3/c1-5-12-24-18-13-16(23-20(25)17-9-7-6-8-15(17)2)10-11-19(18)27-14-22(3,4)21(24)26/h5-11,13H,1,12,14H2,2-4H3,(H,23,25). The molecule has 2 aromatic rings. The van der Waals surface area contributed by atoms with E-state index >= 15 is 0 Å². The molecular weight excluding hydrogens is 340 g/mol. The van der Waals surface area contributed by atoms with E-state index in [0.29, 0.717) is 35.8 Å². The van der Waals surface area contributed by atoms with Crippen LogP contribution in [0, 0.1) is 12.3 Å². The molecule has 0 bridgehead atoms. The Bertz CT molecular complexity index is 902. The van der Waals surface area contributed by atoms with E-state index in [4.69, 9.17) is 4.74 Å². The second kappa shape index (κ2) is 7.27. The summed E-state index contributed by atoms with van der Waals surface area (Å²) in [7, 11) is 0. The molecule has 1 heterocycles. The Labute approximate surface area is 159 Å². The highest BCUT2D eigenvalue weighted by molar-refractivity contribution is 6.06. The molecular formula is C22H24N2O3. The molecule has 2 aromatic carbocycles. The molecule has 1 aliphatic heterocycles. The monoisotopic (exact) mass is 364 g/mol. The zero-order valence-corrected chi connectivity index (χ0v) is 15.9. The summed E-state index contributed by atoms with van der Waals surface area (Å²) in [5.41, 5.74) is 2.11. The highest BCUT2D eigenvalue weighted by Crippen LogP contribution is 2.38. The van der Waals surface area contributed by atoms with Gasteiger partial charge in [0.05, 0.1) is 11.1 Å². The molecule has 0 aliphatic carbocycles. The lowest BCUT2D eigenvalue weighted by Crippen LogP contribution is -2.42. The fraction of sp³-hybridized carbons (Fsp3) is 0.273. The summed E-state index contributed by atoms with van der Waals surface area (Å²) in [4.78, 5) is 27.2. The molecule has 0 unspecified atom stereocenters. The van der Waals surface area contributed by atoms with E-state index in [1.54, 1.807) is 35.2 Å². The Morgan fingerprint density at radius 2 is 2.04 bits per heavy atom. The highest BCUT2D eigenvalue weighted by atomic mass is 16.5. The molecule has 0 saturated heterocycles. The molecule has 5 heteroatoms. The molecule has 140 valence electrons. The number of anilines is 2. The van der Waals surface area contributed by atoms with Gasteiger partial charge in [0.1, 0.15) is 12.4 Å². The van der Waals surface area contributed by atoms with E-state index in [2.05, 4.69) is 11.9 Å². The third-order valence-electron chi connectivity index (χ3n) is 4.62. The van der Waals surface area contributed by atoms with Crippen LogP contribution in [0.3, 0.4) is 0 Å². The SMILES string of the molecule is C=CCN1C(=O)C(C)(C)COc2ccc(NC(=O)c3ccccc3C)cc21. The number of hydrogen-bond acceptors (Lipinski definition) is 3. The third-order valence-corrected chi connectivity index (χ3v) is 4.62. The molecule has 1 N–H and O–H groups in total. The minimum Gasteiger partial charge on any atom is -0.490 e. The van der Waals surface area contributed by atoms with Gasteiger partial charge in [0.15, 0.2) is 0 Å². The van der Waals surface area contributed by atoms with Crippen molar-refractivity contribution in [2.24, 2.45) is 5.41 Å². The van der Waals surface area contributed by atoms with E-state index in [1.807, 2.05) is 39.0 Å². The third kappa shape index (κ3) is 3.72. The summed E-state index contributed by atoms with van der Waals surface area (Å²) in [6, 6.07) is 12.7. The summed E-state index contributed by atoms with van der Waals surface area (Å²) in [5.74, 6) is 0.387. The lowest BCUT2D eigenvalue weighted by molar-refractivity contribution is -0.127. The number of carbonyl (C=O) groups excluding carboxylic acids is 2. The van der Waals surface area contributed by atoms with Crippen molar-refractivity contribution >= 4 is 23.2 Å². The Hall–Kier alpha value is -3.08. The minimum absolute atomic E-state index is 0.0384. The minimum atomic E-state index is -0.646. The molecule has 0 spiro atoms. The van der Waals surface area contributed by atoms with Crippen LogP contribution in [0.25, 0.3) is 0 Å². The molecule has 27 heavy (non-hydrogen) atoms. The quantitative estimate of drug-likeness (QED) is 0.828. The smallest absolute Gasteiger partial charge is 0.255 e. The van der Waals surface area contributed by atoms with Crippen LogP contribution in [-0.2, 0) is 4.79 Å². The lowest BCUT2D eigenvalue weighted by atomic mass is 9.93. The second-order valence-corrected chi connectivity index (χ2v) is 7.33. The van der Waals surface area contributed by atoms with Crippen LogP contribution in [0.2, 0.25) is 0 Å². The molecule has 0 radical (unpaired) electrons. The number of nitrogens with zero attached hydrogens (tertiary/aromatic N) is 1. The molecule has 3 rings (SSSR count). The fourth-order valence-electron chi connectivity index (χ4n) is 3.06. The Morgan fingerprint density at radius 3 is 2.74 bits per heavy atom. The van der Waals surface area contributed by atoms with Crippen molar-refractivity contribution in [3.63, 3.8) is 0 Å². The number of fused-ring (bicyclic) bond motifs is 1. The van der Waals surface area contributed by atoms with Gasteiger partial charge in [-0.3, -0.25) is 9.59 Å². The number of hydrogen-bond donors (Lipinski definition) is 1. The van der Waals surface area contributed by atoms with E-state index in [-0.39, 0.29) is 11.8 Å². The first-order chi connectivity index (χ1) is 12.8. The number of benzene rings is 2. The first-order valence-electron chi connectivity index (χ1n) is 8.90. The van der Waals surface area contributed by atoms with Crippen molar-refractivity contribution in [3.8, 4) is 5.75 Å². The van der Waals surface area contributed by atoms with Crippen molar-refractivity contribution in [1.29, 1.82) is 0 Å². The Morgan fingerprint density at radius 1 is 1.30 bits per heavy atom. The number of nitrogens with one attached hydrogen (secondary N) is 1. The van der Waals surface area contributed by atoms with Gasteiger partial charge in [-0.15, -0.1) is 6.58 Å². The maximum atomic E-state index is 12.9. The lowest BCUT2D eigenvalue weighted by Gasteiger charge is -2.27. The largest absolute Gasteiger partial charge is 0.490 e. The Kier molecular flexibility index (Phi) is 5.04. The van der Waals surface area contributed by atoms with E-state index in [0.717, 1.165) is 5.56 Å². The van der Waals surface area contributed by atoms with Crippen molar-refractivity contribution in [2.75, 3.05) is 23.4 Å². The van der Waals surface area contributed by atoms with Gasteiger partial charge in [0, 0.05) is 17.8 Å². The van der Waals surface area contributed by atoms with Gasteiger partial charge in [-0.1, -0.05) is 24.3 Å². The van der Waals surface area contributed by atoms with Gasteiger partial charge in [0.2, 0.25) is 5.91 Å². The molecule has 2 amide bonds. The summed E-state index contributed by atoms with van der Waals surface area (Å²) >= 11 is 0. The zero-order chi connectivity index (χ0) is 19.6. The summed E-state index contributed by atoms with van der Waals surface area (Å²) < 4.78 is 5.86. The molecule has 5 nitrogen and oxygen atoms in total. The van der Waals surface area contributed by atoms with Gasteiger partial charge >= 0.3 is 0 Å². The maximum Gasteiger partial charge on any atom is 0.255 e. The molecule has 1 aliphatic rings. The van der Waals surface area contributed by atoms with Gasteiger partial charge in [-0.25, -0.2) is 0 Å². The fourth-order valence-corrected chi connectivity index (χ4v) is 3.06. The van der Waals surface area contributed by atoms with Gasteiger partial charge in [-0.2, -0.15) is 0 Å². The second-order valence-electron chi connectivity index (χ2n) is 7.33. The molecule has 0 fully saturated rings. The van der Waals surface area contributed by atoms with Gasteiger partial charge in [0.25, 0.3) is 5.91 Å². The van der Waals surface area contributed by atoms with E-state index in [9.17, 15) is 9.59 Å². The predicted octanol–water partition coefficient (Wildman–Crippen LogP) is 4.18. The average molecular weight is 364 g/mol. The highest BCUT2D eigenvalue weighted by Gasteiger charge is 2.37. The van der Waals surface area contributed by atoms with Crippen LogP contribution in [-0.4, -0.2) is 25.0 Å². The van der Waals surface area contributed by atoms with Crippen molar-refractivity contribution in [2.45, 2.75) is 20.8 Å². The average Bonchev–Trinajstić information content (AvgIpc) is 2.72. The van der Waals surface area contributed by atoms with Crippen LogP contribution in [0.1, 0.15) is 29.8 Å². The molecule has 0 atom stereocenters. The molecule has 0 saturated carbocycles. The number of carbonyl (C=O) groups is 2. The number of aryl methyl sites for hydroxylation is 1. The van der Waals surface area contributed by atoms with Crippen molar-refractivity contribution in [3.05, 3.63) is 66.2 Å².